The number of hydrogen-bond donors (Lipinski definition) is 1. The molecule has 29 heavy (non-hydrogen) atoms. The third kappa shape index (κ3) is 3.40. The molecule has 4 rings (SSSR count). The van der Waals surface area contributed by atoms with Crippen LogP contribution < -0.4 is 25.4 Å². The van der Waals surface area contributed by atoms with Crippen molar-refractivity contribution in [3.63, 3.8) is 0 Å². The van der Waals surface area contributed by atoms with Gasteiger partial charge in [-0.15, -0.1) is 0 Å². The van der Waals surface area contributed by atoms with E-state index in [0.717, 1.165) is 11.1 Å². The molecule has 1 atom stereocenters. The number of nitrogens with zero attached hydrogens (tertiary/aromatic N) is 2. The second-order valence-corrected chi connectivity index (χ2v) is 7.64. The predicted molar refractivity (Wildman–Crippen MR) is 112 cm³/mol. The summed E-state index contributed by atoms with van der Waals surface area (Å²) in [4.78, 5) is 30.6. The summed E-state index contributed by atoms with van der Waals surface area (Å²) in [7, 11) is 1.58. The van der Waals surface area contributed by atoms with E-state index in [-0.39, 0.29) is 5.56 Å². The molecular formula is C22H19N3O3S. The lowest BCUT2D eigenvalue weighted by Gasteiger charge is -2.24. The number of carbonyl (C=O) groups is 1. The minimum Gasteiger partial charge on any atom is -0.497 e. The molecule has 0 unspecified atom stereocenters. The van der Waals surface area contributed by atoms with Crippen LogP contribution in [0.1, 0.15) is 24.1 Å². The Bertz CT molecular complexity index is 1290. The molecule has 1 amide bonds. The molecule has 1 aliphatic heterocycles. The third-order valence-corrected chi connectivity index (χ3v) is 5.80. The first-order valence-electron chi connectivity index (χ1n) is 9.01. The monoisotopic (exact) mass is 405 g/mol. The van der Waals surface area contributed by atoms with Crippen molar-refractivity contribution in [3.8, 4) is 5.75 Å². The maximum atomic E-state index is 13.3. The van der Waals surface area contributed by atoms with Gasteiger partial charge < -0.3 is 10.5 Å². The largest absolute Gasteiger partial charge is 0.497 e. The molecule has 2 heterocycles. The number of hydrogen-bond acceptors (Lipinski definition) is 5. The summed E-state index contributed by atoms with van der Waals surface area (Å²) in [5.74, 6) is 0.0935. The first-order chi connectivity index (χ1) is 14.0. The highest BCUT2D eigenvalue weighted by molar-refractivity contribution is 7.07. The van der Waals surface area contributed by atoms with Gasteiger partial charge in [-0.1, -0.05) is 53.8 Å². The van der Waals surface area contributed by atoms with Crippen molar-refractivity contribution in [1.29, 1.82) is 0 Å². The van der Waals surface area contributed by atoms with Gasteiger partial charge in [-0.3, -0.25) is 14.2 Å². The smallest absolute Gasteiger partial charge is 0.271 e. The number of ether oxygens (including phenoxy) is 1. The molecule has 1 aromatic heterocycles. The van der Waals surface area contributed by atoms with Crippen molar-refractivity contribution in [2.75, 3.05) is 7.11 Å². The Morgan fingerprint density at radius 1 is 1.17 bits per heavy atom. The van der Waals surface area contributed by atoms with Crippen molar-refractivity contribution < 1.29 is 9.53 Å². The first kappa shape index (κ1) is 18.9. The van der Waals surface area contributed by atoms with Crippen molar-refractivity contribution in [2.24, 2.45) is 10.7 Å². The average molecular weight is 405 g/mol. The van der Waals surface area contributed by atoms with Gasteiger partial charge in [0.1, 0.15) is 5.75 Å². The molecule has 0 bridgehead atoms. The standard InChI is InChI=1S/C22H19N3O3S/c1-13-18(20(23)26)19(15-8-10-16(28-2)11-9-15)25-21(27)17(29-22(25)24-13)12-14-6-4-3-5-7-14/h3-12,19H,1-2H3,(H2,23,26)/b17-12-/t19-/m1/s1. The molecule has 3 aromatic rings. The number of fused-ring (bicyclic) bond motifs is 1. The number of rotatable bonds is 4. The van der Waals surface area contributed by atoms with Gasteiger partial charge in [-0.05, 0) is 36.3 Å². The van der Waals surface area contributed by atoms with Crippen LogP contribution in [0.25, 0.3) is 6.08 Å². The minimum atomic E-state index is -0.632. The highest BCUT2D eigenvalue weighted by Gasteiger charge is 2.31. The Morgan fingerprint density at radius 3 is 2.48 bits per heavy atom. The molecular weight excluding hydrogens is 386 g/mol. The van der Waals surface area contributed by atoms with Gasteiger partial charge >= 0.3 is 0 Å². The van der Waals surface area contributed by atoms with Crippen LogP contribution in [0.4, 0.5) is 0 Å². The minimum absolute atomic E-state index is 0.204. The number of amides is 1. The molecule has 0 aliphatic carbocycles. The van der Waals surface area contributed by atoms with E-state index in [9.17, 15) is 9.59 Å². The molecule has 0 saturated carbocycles. The SMILES string of the molecule is COc1ccc([C@@H]2C(C(N)=O)=C(C)N=c3s/c(=C\c4ccccc4)c(=O)n32)cc1. The zero-order valence-electron chi connectivity index (χ0n) is 16.0. The van der Waals surface area contributed by atoms with Gasteiger partial charge in [0.25, 0.3) is 5.56 Å². The van der Waals surface area contributed by atoms with E-state index in [1.165, 1.54) is 11.3 Å². The second-order valence-electron chi connectivity index (χ2n) is 6.63. The summed E-state index contributed by atoms with van der Waals surface area (Å²) in [6.45, 7) is 1.74. The Kier molecular flexibility index (Phi) is 4.90. The van der Waals surface area contributed by atoms with Gasteiger partial charge in [-0.25, -0.2) is 4.99 Å². The van der Waals surface area contributed by atoms with Crippen LogP contribution in [-0.4, -0.2) is 17.6 Å². The van der Waals surface area contributed by atoms with Gasteiger partial charge in [-0.2, -0.15) is 0 Å². The lowest BCUT2D eigenvalue weighted by atomic mass is 9.95. The fourth-order valence-corrected chi connectivity index (χ4v) is 4.49. The van der Waals surface area contributed by atoms with E-state index in [2.05, 4.69) is 4.99 Å². The lowest BCUT2D eigenvalue weighted by Crippen LogP contribution is -2.40. The maximum absolute atomic E-state index is 13.3. The Hall–Kier alpha value is -3.45. The number of aromatic nitrogens is 1. The van der Waals surface area contributed by atoms with E-state index in [4.69, 9.17) is 10.5 Å². The molecule has 0 saturated heterocycles. The van der Waals surface area contributed by atoms with E-state index < -0.39 is 11.9 Å². The molecule has 2 N–H and O–H groups in total. The van der Waals surface area contributed by atoms with Gasteiger partial charge in [0.15, 0.2) is 4.80 Å². The zero-order chi connectivity index (χ0) is 20.5. The molecule has 6 nitrogen and oxygen atoms in total. The van der Waals surface area contributed by atoms with Crippen LogP contribution in [0.5, 0.6) is 5.75 Å². The normalized spacial score (nSPS) is 16.3. The number of methoxy groups -OCH3 is 1. The number of allylic oxidation sites excluding steroid dienone is 1. The topological polar surface area (TPSA) is 86.7 Å². The molecule has 0 fully saturated rings. The number of carbonyl (C=O) groups excluding carboxylic acids is 1. The second kappa shape index (κ2) is 7.52. The maximum Gasteiger partial charge on any atom is 0.271 e. The predicted octanol–water partition coefficient (Wildman–Crippen LogP) is 1.73. The fourth-order valence-electron chi connectivity index (χ4n) is 3.44. The third-order valence-electron chi connectivity index (χ3n) is 4.82. The highest BCUT2D eigenvalue weighted by atomic mass is 32.1. The summed E-state index contributed by atoms with van der Waals surface area (Å²) in [6.07, 6.45) is 1.83. The molecule has 0 radical (unpaired) electrons. The fraction of sp³-hybridized carbons (Fsp3) is 0.136. The Balaban J connectivity index is 1.96. The van der Waals surface area contributed by atoms with Crippen LogP contribution >= 0.6 is 11.3 Å². The molecule has 7 heteroatoms. The summed E-state index contributed by atoms with van der Waals surface area (Å²) >= 11 is 1.30. The average Bonchev–Trinajstić information content (AvgIpc) is 3.02. The van der Waals surface area contributed by atoms with Gasteiger partial charge in [0.2, 0.25) is 5.91 Å². The number of benzene rings is 2. The molecule has 2 aromatic carbocycles. The number of nitrogens with two attached hydrogens (primary N) is 1. The van der Waals surface area contributed by atoms with E-state index in [1.54, 1.807) is 30.7 Å². The van der Waals surface area contributed by atoms with Crippen molar-refractivity contribution in [2.45, 2.75) is 13.0 Å². The van der Waals surface area contributed by atoms with E-state index in [0.29, 0.717) is 26.4 Å². The van der Waals surface area contributed by atoms with E-state index in [1.807, 2.05) is 48.5 Å². The first-order valence-corrected chi connectivity index (χ1v) is 9.82. The zero-order valence-corrected chi connectivity index (χ0v) is 16.8. The van der Waals surface area contributed by atoms with Gasteiger partial charge in [0, 0.05) is 0 Å². The number of thiazole rings is 1. The Morgan fingerprint density at radius 2 is 1.86 bits per heavy atom. The Labute approximate surface area is 170 Å². The molecule has 1 aliphatic rings. The van der Waals surface area contributed by atoms with Crippen molar-refractivity contribution in [3.05, 3.63) is 96.7 Å². The van der Waals surface area contributed by atoms with Crippen LogP contribution in [0.15, 0.2) is 75.7 Å². The van der Waals surface area contributed by atoms with Crippen LogP contribution in [-0.2, 0) is 4.79 Å². The lowest BCUT2D eigenvalue weighted by molar-refractivity contribution is -0.115. The van der Waals surface area contributed by atoms with Crippen LogP contribution in [0, 0.1) is 0 Å². The molecule has 146 valence electrons. The summed E-state index contributed by atoms with van der Waals surface area (Å²) in [5.41, 5.74) is 7.99. The van der Waals surface area contributed by atoms with Crippen molar-refractivity contribution >= 4 is 23.3 Å². The summed E-state index contributed by atoms with van der Waals surface area (Å²) in [5, 5.41) is 0. The highest BCUT2D eigenvalue weighted by Crippen LogP contribution is 2.30. The van der Waals surface area contributed by atoms with E-state index >= 15 is 0 Å². The van der Waals surface area contributed by atoms with Crippen LogP contribution in [0.2, 0.25) is 0 Å². The quantitative estimate of drug-likeness (QED) is 0.717. The van der Waals surface area contributed by atoms with Crippen molar-refractivity contribution in [1.82, 2.24) is 4.57 Å². The number of primary amides is 1. The van der Waals surface area contributed by atoms with Gasteiger partial charge in [0.05, 0.1) is 29.0 Å². The van der Waals surface area contributed by atoms with Crippen LogP contribution in [0.3, 0.4) is 0 Å². The summed E-state index contributed by atoms with van der Waals surface area (Å²) in [6, 6.07) is 16.2. The summed E-state index contributed by atoms with van der Waals surface area (Å²) < 4.78 is 7.32. The molecule has 0 spiro atoms.